The third-order valence-corrected chi connectivity index (χ3v) is 5.03. The Morgan fingerprint density at radius 3 is 2.48 bits per heavy atom. The lowest BCUT2D eigenvalue weighted by Crippen LogP contribution is -2.41. The summed E-state index contributed by atoms with van der Waals surface area (Å²) >= 11 is 0. The Kier molecular flexibility index (Phi) is 6.12. The number of aromatic hydroxyl groups is 1. The fourth-order valence-corrected chi connectivity index (χ4v) is 3.44. The van der Waals surface area contributed by atoms with Gasteiger partial charge in [0, 0.05) is 13.1 Å². The molecule has 0 unspecified atom stereocenters. The molecule has 1 fully saturated rings. The summed E-state index contributed by atoms with van der Waals surface area (Å²) in [6.07, 6.45) is 2.94. The molecule has 5 nitrogen and oxygen atoms in total. The average Bonchev–Trinajstić information content (AvgIpc) is 2.67. The standard InChI is InChI=1S/C22H25NO4/c1-16-7-8-19(20(24)13-16)22(26)27-15-21(25)23-11-9-18(10-12-23)14-17-5-3-2-4-6-17/h2-8,13,18,24H,9-12,14-15H2,1H3. The molecule has 0 spiro atoms. The molecule has 1 saturated heterocycles. The molecule has 1 heterocycles. The number of phenols is 1. The second-order valence-electron chi connectivity index (χ2n) is 7.11. The smallest absolute Gasteiger partial charge is 0.342 e. The van der Waals surface area contributed by atoms with Crippen molar-refractivity contribution in [1.29, 1.82) is 0 Å². The lowest BCUT2D eigenvalue weighted by molar-refractivity contribution is -0.135. The van der Waals surface area contributed by atoms with Gasteiger partial charge in [-0.25, -0.2) is 4.79 Å². The molecular formula is C22H25NO4. The summed E-state index contributed by atoms with van der Waals surface area (Å²) in [5.74, 6) is -0.425. The van der Waals surface area contributed by atoms with E-state index in [1.54, 1.807) is 11.0 Å². The highest BCUT2D eigenvalue weighted by atomic mass is 16.5. The largest absolute Gasteiger partial charge is 0.507 e. The molecule has 0 aliphatic carbocycles. The van der Waals surface area contributed by atoms with Crippen molar-refractivity contribution in [2.75, 3.05) is 19.7 Å². The molecule has 1 aliphatic heterocycles. The SMILES string of the molecule is Cc1ccc(C(=O)OCC(=O)N2CCC(Cc3ccccc3)CC2)c(O)c1. The zero-order valence-electron chi connectivity index (χ0n) is 15.6. The van der Waals surface area contributed by atoms with Crippen molar-refractivity contribution in [3.05, 3.63) is 65.2 Å². The summed E-state index contributed by atoms with van der Waals surface area (Å²) < 4.78 is 5.10. The molecule has 5 heteroatoms. The zero-order chi connectivity index (χ0) is 19.2. The van der Waals surface area contributed by atoms with Crippen LogP contribution in [0.15, 0.2) is 48.5 Å². The van der Waals surface area contributed by atoms with Gasteiger partial charge in [-0.05, 0) is 55.4 Å². The summed E-state index contributed by atoms with van der Waals surface area (Å²) in [5, 5.41) is 9.83. The highest BCUT2D eigenvalue weighted by molar-refractivity contribution is 5.93. The number of amides is 1. The number of nitrogens with zero attached hydrogens (tertiary/aromatic N) is 1. The summed E-state index contributed by atoms with van der Waals surface area (Å²) in [7, 11) is 0. The van der Waals surface area contributed by atoms with E-state index >= 15 is 0 Å². The zero-order valence-corrected chi connectivity index (χ0v) is 15.6. The number of aryl methyl sites for hydroxylation is 1. The summed E-state index contributed by atoms with van der Waals surface area (Å²) in [6, 6.07) is 15.1. The topological polar surface area (TPSA) is 66.8 Å². The molecule has 1 aliphatic rings. The lowest BCUT2D eigenvalue weighted by atomic mass is 9.90. The molecule has 142 valence electrons. The minimum absolute atomic E-state index is 0.0787. The van der Waals surface area contributed by atoms with Crippen molar-refractivity contribution < 1.29 is 19.4 Å². The van der Waals surface area contributed by atoms with E-state index < -0.39 is 5.97 Å². The van der Waals surface area contributed by atoms with Gasteiger partial charge in [0.05, 0.1) is 0 Å². The van der Waals surface area contributed by atoms with E-state index in [1.807, 2.05) is 25.1 Å². The average molecular weight is 367 g/mol. The van der Waals surface area contributed by atoms with Crippen molar-refractivity contribution >= 4 is 11.9 Å². The predicted molar refractivity (Wildman–Crippen MR) is 103 cm³/mol. The van der Waals surface area contributed by atoms with Crippen LogP contribution >= 0.6 is 0 Å². The molecular weight excluding hydrogens is 342 g/mol. The van der Waals surface area contributed by atoms with Crippen LogP contribution in [0.3, 0.4) is 0 Å². The number of rotatable bonds is 5. The van der Waals surface area contributed by atoms with Crippen LogP contribution in [0.1, 0.15) is 34.3 Å². The molecule has 2 aromatic carbocycles. The first kappa shape index (κ1) is 19.0. The van der Waals surface area contributed by atoms with Crippen LogP contribution in [0.2, 0.25) is 0 Å². The van der Waals surface area contributed by atoms with Gasteiger partial charge >= 0.3 is 5.97 Å². The van der Waals surface area contributed by atoms with Crippen LogP contribution in [-0.4, -0.2) is 41.6 Å². The third kappa shape index (κ3) is 5.09. The highest BCUT2D eigenvalue weighted by Crippen LogP contribution is 2.22. The van der Waals surface area contributed by atoms with E-state index in [9.17, 15) is 14.7 Å². The van der Waals surface area contributed by atoms with Gasteiger partial charge in [0.15, 0.2) is 6.61 Å². The van der Waals surface area contributed by atoms with E-state index in [1.165, 1.54) is 17.7 Å². The maximum absolute atomic E-state index is 12.3. The van der Waals surface area contributed by atoms with Gasteiger partial charge in [-0.3, -0.25) is 4.79 Å². The minimum atomic E-state index is -0.681. The summed E-state index contributed by atoms with van der Waals surface area (Å²) in [5.41, 5.74) is 2.25. The molecule has 0 atom stereocenters. The Balaban J connectivity index is 1.45. The van der Waals surface area contributed by atoms with E-state index in [2.05, 4.69) is 12.1 Å². The maximum Gasteiger partial charge on any atom is 0.342 e. The number of esters is 1. The fraction of sp³-hybridized carbons (Fsp3) is 0.364. The van der Waals surface area contributed by atoms with Gasteiger partial charge in [-0.15, -0.1) is 0 Å². The van der Waals surface area contributed by atoms with Crippen molar-refractivity contribution in [3.8, 4) is 5.75 Å². The molecule has 0 radical (unpaired) electrons. The van der Waals surface area contributed by atoms with Crippen LogP contribution in [0.4, 0.5) is 0 Å². The predicted octanol–water partition coefficient (Wildman–Crippen LogP) is 3.34. The molecule has 1 amide bonds. The molecule has 27 heavy (non-hydrogen) atoms. The number of carbonyl (C=O) groups is 2. The Morgan fingerprint density at radius 1 is 1.11 bits per heavy atom. The molecule has 1 N–H and O–H groups in total. The Morgan fingerprint density at radius 2 is 1.81 bits per heavy atom. The van der Waals surface area contributed by atoms with E-state index in [0.29, 0.717) is 19.0 Å². The Bertz CT molecular complexity index is 795. The normalized spacial score (nSPS) is 14.8. The van der Waals surface area contributed by atoms with Crippen LogP contribution in [-0.2, 0) is 16.0 Å². The first-order valence-corrected chi connectivity index (χ1v) is 9.31. The van der Waals surface area contributed by atoms with E-state index in [-0.39, 0.29) is 23.8 Å². The molecule has 0 bridgehead atoms. The maximum atomic E-state index is 12.3. The van der Waals surface area contributed by atoms with Gasteiger partial charge in [-0.2, -0.15) is 0 Å². The Hall–Kier alpha value is -2.82. The van der Waals surface area contributed by atoms with Crippen LogP contribution < -0.4 is 0 Å². The first-order chi connectivity index (χ1) is 13.0. The van der Waals surface area contributed by atoms with Crippen LogP contribution in [0.5, 0.6) is 5.75 Å². The first-order valence-electron chi connectivity index (χ1n) is 9.31. The minimum Gasteiger partial charge on any atom is -0.507 e. The van der Waals surface area contributed by atoms with Crippen molar-refractivity contribution in [2.45, 2.75) is 26.2 Å². The van der Waals surface area contributed by atoms with Crippen LogP contribution in [0.25, 0.3) is 0 Å². The lowest BCUT2D eigenvalue weighted by Gasteiger charge is -2.32. The molecule has 0 saturated carbocycles. The number of benzene rings is 2. The van der Waals surface area contributed by atoms with Crippen molar-refractivity contribution in [1.82, 2.24) is 4.90 Å². The van der Waals surface area contributed by atoms with Gasteiger partial charge in [0.25, 0.3) is 5.91 Å². The van der Waals surface area contributed by atoms with Crippen molar-refractivity contribution in [3.63, 3.8) is 0 Å². The fourth-order valence-electron chi connectivity index (χ4n) is 3.44. The quantitative estimate of drug-likeness (QED) is 0.823. The van der Waals surface area contributed by atoms with Crippen LogP contribution in [0, 0.1) is 12.8 Å². The number of likely N-dealkylation sites (tertiary alicyclic amines) is 1. The van der Waals surface area contributed by atoms with Gasteiger partial charge in [0.1, 0.15) is 11.3 Å². The monoisotopic (exact) mass is 367 g/mol. The van der Waals surface area contributed by atoms with Gasteiger partial charge in [0.2, 0.25) is 0 Å². The molecule has 3 rings (SSSR count). The number of ether oxygens (including phenoxy) is 1. The van der Waals surface area contributed by atoms with E-state index in [4.69, 9.17) is 4.74 Å². The van der Waals surface area contributed by atoms with Gasteiger partial charge < -0.3 is 14.7 Å². The number of hydrogen-bond acceptors (Lipinski definition) is 4. The number of carbonyl (C=O) groups excluding carboxylic acids is 2. The molecule has 0 aromatic heterocycles. The summed E-state index contributed by atoms with van der Waals surface area (Å²) in [4.78, 5) is 26.1. The van der Waals surface area contributed by atoms with Crippen molar-refractivity contribution in [2.24, 2.45) is 5.92 Å². The van der Waals surface area contributed by atoms with Gasteiger partial charge in [-0.1, -0.05) is 36.4 Å². The highest BCUT2D eigenvalue weighted by Gasteiger charge is 2.24. The van der Waals surface area contributed by atoms with E-state index in [0.717, 1.165) is 24.8 Å². The number of piperidine rings is 1. The summed E-state index contributed by atoms with van der Waals surface area (Å²) in [6.45, 7) is 2.89. The third-order valence-electron chi connectivity index (χ3n) is 5.03. The Labute approximate surface area is 159 Å². The second-order valence-corrected chi connectivity index (χ2v) is 7.11. The number of phenolic OH excluding ortho intramolecular Hbond substituents is 1. The molecule has 2 aromatic rings. The number of hydrogen-bond donors (Lipinski definition) is 1. The second kappa shape index (κ2) is 8.71.